The van der Waals surface area contributed by atoms with Crippen molar-refractivity contribution in [2.24, 2.45) is 0 Å². The van der Waals surface area contributed by atoms with Crippen LogP contribution in [0.1, 0.15) is 34.6 Å². The molecule has 4 nitrogen and oxygen atoms in total. The molecule has 13 heavy (non-hydrogen) atoms. The Hall–Kier alpha value is -1.08. The number of nitriles is 1. The first kappa shape index (κ1) is 17.9. The minimum Gasteiger partial charge on any atom is -0.466 e. The summed E-state index contributed by atoms with van der Waals surface area (Å²) < 4.78 is 4.40. The van der Waals surface area contributed by atoms with E-state index in [0.29, 0.717) is 6.61 Å². The van der Waals surface area contributed by atoms with Gasteiger partial charge in [-0.2, -0.15) is 5.26 Å². The predicted octanol–water partition coefficient (Wildman–Crippen LogP) is 1.49. The summed E-state index contributed by atoms with van der Waals surface area (Å²) in [5.41, 5.74) is 0. The quantitative estimate of drug-likeness (QED) is 0.634. The molecular weight excluding hydrogens is 170 g/mol. The van der Waals surface area contributed by atoms with Crippen LogP contribution < -0.4 is 0 Å². The van der Waals surface area contributed by atoms with E-state index >= 15 is 0 Å². The van der Waals surface area contributed by atoms with Gasteiger partial charge in [-0.05, 0) is 20.8 Å². The summed E-state index contributed by atoms with van der Waals surface area (Å²) >= 11 is 0. The molecule has 0 saturated heterocycles. The van der Waals surface area contributed by atoms with Gasteiger partial charge in [0, 0.05) is 20.0 Å². The molecule has 0 unspecified atom stereocenters. The number of aliphatic hydroxyl groups is 1. The van der Waals surface area contributed by atoms with E-state index in [2.05, 4.69) is 4.74 Å². The molecular formula is C9H19NO3. The van der Waals surface area contributed by atoms with Gasteiger partial charge in [0.2, 0.25) is 0 Å². The highest BCUT2D eigenvalue weighted by molar-refractivity contribution is 5.65. The van der Waals surface area contributed by atoms with Crippen LogP contribution in [0.25, 0.3) is 0 Å². The summed E-state index contributed by atoms with van der Waals surface area (Å²) in [6.45, 7) is 8.53. The van der Waals surface area contributed by atoms with E-state index < -0.39 is 0 Å². The molecule has 0 saturated carbocycles. The summed E-state index contributed by atoms with van der Waals surface area (Å²) in [6.07, 6.45) is -0.167. The monoisotopic (exact) mass is 189 g/mol. The highest BCUT2D eigenvalue weighted by atomic mass is 16.5. The zero-order valence-corrected chi connectivity index (χ0v) is 9.00. The van der Waals surface area contributed by atoms with Crippen LogP contribution in [0.3, 0.4) is 0 Å². The summed E-state index contributed by atoms with van der Waals surface area (Å²) in [4.78, 5) is 9.82. The van der Waals surface area contributed by atoms with E-state index in [1.54, 1.807) is 26.8 Å². The van der Waals surface area contributed by atoms with Crippen LogP contribution in [-0.4, -0.2) is 23.8 Å². The Bertz CT molecular complexity index is 136. The standard InChI is InChI=1S/C4H8O2.C3H8O.C2H3N/c1-3-6-4(2)5;1-3(2)4;1-2-3/h3H2,1-2H3;3-4H,1-2H3;1H3. The van der Waals surface area contributed by atoms with Gasteiger partial charge in [0.15, 0.2) is 0 Å². The molecule has 78 valence electrons. The average Bonchev–Trinajstić information content (AvgIpc) is 1.86. The first-order chi connectivity index (χ1) is 5.92. The number of esters is 1. The number of carbonyl (C=O) groups excluding carboxylic acids is 1. The number of nitrogens with zero attached hydrogens (tertiary/aromatic N) is 1. The molecule has 0 heterocycles. The fourth-order valence-electron chi connectivity index (χ4n) is 0.203. The molecule has 0 bridgehead atoms. The van der Waals surface area contributed by atoms with E-state index in [9.17, 15) is 4.79 Å². The Morgan fingerprint density at radius 2 is 1.85 bits per heavy atom. The topological polar surface area (TPSA) is 70.3 Å². The van der Waals surface area contributed by atoms with E-state index in [1.807, 2.05) is 0 Å². The third-order valence-corrected chi connectivity index (χ3v) is 0.348. The lowest BCUT2D eigenvalue weighted by molar-refractivity contribution is -0.140. The van der Waals surface area contributed by atoms with Crippen LogP contribution in [0.4, 0.5) is 0 Å². The molecule has 0 aromatic carbocycles. The van der Waals surface area contributed by atoms with Gasteiger partial charge >= 0.3 is 5.97 Å². The molecule has 0 aromatic heterocycles. The SMILES string of the molecule is CC#N.CC(C)O.CCOC(C)=O. The smallest absolute Gasteiger partial charge is 0.302 e. The second-order valence-corrected chi connectivity index (χ2v) is 2.24. The fourth-order valence-corrected chi connectivity index (χ4v) is 0.203. The molecule has 0 aliphatic carbocycles. The van der Waals surface area contributed by atoms with Crippen LogP contribution >= 0.6 is 0 Å². The molecule has 1 N–H and O–H groups in total. The fraction of sp³-hybridized carbons (Fsp3) is 0.778. The van der Waals surface area contributed by atoms with Crippen molar-refractivity contribution in [2.45, 2.75) is 40.7 Å². The number of aliphatic hydroxyl groups excluding tert-OH is 1. The predicted molar refractivity (Wildman–Crippen MR) is 50.9 cm³/mol. The van der Waals surface area contributed by atoms with Crippen LogP contribution in [0.2, 0.25) is 0 Å². The van der Waals surface area contributed by atoms with Gasteiger partial charge in [0.25, 0.3) is 0 Å². The van der Waals surface area contributed by atoms with Crippen molar-refractivity contribution in [1.82, 2.24) is 0 Å². The van der Waals surface area contributed by atoms with E-state index in [1.165, 1.54) is 13.8 Å². The molecule has 0 aliphatic rings. The molecule has 0 radical (unpaired) electrons. The summed E-state index contributed by atoms with van der Waals surface area (Å²) in [7, 11) is 0. The van der Waals surface area contributed by atoms with Gasteiger partial charge < -0.3 is 9.84 Å². The lowest BCUT2D eigenvalue weighted by Crippen LogP contribution is -1.95. The Balaban J connectivity index is -0.000000125. The van der Waals surface area contributed by atoms with Crippen LogP contribution in [0.15, 0.2) is 0 Å². The lowest BCUT2D eigenvalue weighted by Gasteiger charge is -1.89. The van der Waals surface area contributed by atoms with Gasteiger partial charge in [-0.15, -0.1) is 0 Å². The van der Waals surface area contributed by atoms with E-state index in [4.69, 9.17) is 10.4 Å². The van der Waals surface area contributed by atoms with Crippen LogP contribution in [0, 0.1) is 11.3 Å². The summed E-state index contributed by atoms with van der Waals surface area (Å²) in [5, 5.41) is 15.4. The Morgan fingerprint density at radius 1 is 1.62 bits per heavy atom. The normalized spacial score (nSPS) is 6.92. The Labute approximate surface area is 80.1 Å². The number of rotatable bonds is 1. The van der Waals surface area contributed by atoms with Crippen molar-refractivity contribution >= 4 is 5.97 Å². The van der Waals surface area contributed by atoms with Crippen molar-refractivity contribution in [3.63, 3.8) is 0 Å². The Kier molecular flexibility index (Phi) is 23.5. The minimum atomic E-state index is -0.211. The highest BCUT2D eigenvalue weighted by Gasteiger charge is 1.81. The third kappa shape index (κ3) is 236. The molecule has 0 aromatic rings. The van der Waals surface area contributed by atoms with E-state index in [-0.39, 0.29) is 12.1 Å². The first-order valence-corrected chi connectivity index (χ1v) is 4.04. The van der Waals surface area contributed by atoms with Gasteiger partial charge in [-0.1, -0.05) is 0 Å². The molecule has 0 aliphatic heterocycles. The second kappa shape index (κ2) is 17.1. The molecule has 4 heteroatoms. The number of hydrogen-bond donors (Lipinski definition) is 1. The number of ether oxygens (including phenoxy) is 1. The zero-order chi connectivity index (χ0) is 11.3. The average molecular weight is 189 g/mol. The van der Waals surface area contributed by atoms with Gasteiger partial charge in [-0.25, -0.2) is 0 Å². The maximum atomic E-state index is 9.82. The van der Waals surface area contributed by atoms with Crippen molar-refractivity contribution in [2.75, 3.05) is 6.61 Å². The summed E-state index contributed by atoms with van der Waals surface area (Å²) in [6, 6.07) is 1.75. The van der Waals surface area contributed by atoms with E-state index in [0.717, 1.165) is 0 Å². The maximum absolute atomic E-state index is 9.82. The largest absolute Gasteiger partial charge is 0.466 e. The Morgan fingerprint density at radius 3 is 1.85 bits per heavy atom. The van der Waals surface area contributed by atoms with Gasteiger partial charge in [0.1, 0.15) is 0 Å². The zero-order valence-electron chi connectivity index (χ0n) is 9.00. The molecule has 0 rings (SSSR count). The van der Waals surface area contributed by atoms with Crippen LogP contribution in [0.5, 0.6) is 0 Å². The molecule has 0 fully saturated rings. The maximum Gasteiger partial charge on any atom is 0.302 e. The number of hydrogen-bond acceptors (Lipinski definition) is 4. The second-order valence-electron chi connectivity index (χ2n) is 2.24. The van der Waals surface area contributed by atoms with Crippen molar-refractivity contribution < 1.29 is 14.6 Å². The molecule has 0 atom stereocenters. The first-order valence-electron chi connectivity index (χ1n) is 4.04. The summed E-state index contributed by atoms with van der Waals surface area (Å²) in [5.74, 6) is -0.211. The molecule has 0 amide bonds. The van der Waals surface area contributed by atoms with Crippen molar-refractivity contribution in [3.05, 3.63) is 0 Å². The van der Waals surface area contributed by atoms with Crippen molar-refractivity contribution in [1.29, 1.82) is 5.26 Å². The minimum absolute atomic E-state index is 0.167. The van der Waals surface area contributed by atoms with Crippen LogP contribution in [-0.2, 0) is 9.53 Å². The lowest BCUT2D eigenvalue weighted by atomic mass is 10.5. The van der Waals surface area contributed by atoms with Gasteiger partial charge in [0.05, 0.1) is 12.7 Å². The highest BCUT2D eigenvalue weighted by Crippen LogP contribution is 1.69. The third-order valence-electron chi connectivity index (χ3n) is 0.348. The van der Waals surface area contributed by atoms with Crippen molar-refractivity contribution in [3.8, 4) is 6.07 Å². The van der Waals surface area contributed by atoms with Gasteiger partial charge in [-0.3, -0.25) is 4.79 Å². The molecule has 0 spiro atoms. The number of carbonyl (C=O) groups is 1.